The van der Waals surface area contributed by atoms with Gasteiger partial charge in [0, 0.05) is 19.1 Å². The van der Waals surface area contributed by atoms with Crippen LogP contribution in [0.4, 0.5) is 0 Å². The minimum absolute atomic E-state index is 0.360. The Labute approximate surface area is 108 Å². The number of likely N-dealkylation sites (N-methyl/N-ethyl adjacent to an activating group) is 1. The van der Waals surface area contributed by atoms with E-state index in [9.17, 15) is 0 Å². The van der Waals surface area contributed by atoms with Crippen molar-refractivity contribution in [1.29, 1.82) is 0 Å². The number of nitrogens with one attached hydrogen (secondary N) is 1. The minimum Gasteiger partial charge on any atom is -0.367 e. The van der Waals surface area contributed by atoms with Gasteiger partial charge in [-0.1, -0.05) is 12.1 Å². The fourth-order valence-electron chi connectivity index (χ4n) is 2.32. The largest absolute Gasteiger partial charge is 0.367 e. The highest BCUT2D eigenvalue weighted by molar-refractivity contribution is 5.01. The van der Waals surface area contributed by atoms with Gasteiger partial charge in [0.15, 0.2) is 0 Å². The third kappa shape index (κ3) is 2.90. The number of hydrogen-bond acceptors (Lipinski definition) is 5. The molecule has 18 heavy (non-hydrogen) atoms. The molecule has 0 bridgehead atoms. The van der Waals surface area contributed by atoms with Crippen LogP contribution >= 0.6 is 0 Å². The Bertz CT molecular complexity index is 368. The monoisotopic (exact) mass is 253 g/mol. The number of hydrogen-bond donors (Lipinski definition) is 1. The third-order valence-corrected chi connectivity index (χ3v) is 3.73. The van der Waals surface area contributed by atoms with E-state index in [0.29, 0.717) is 17.8 Å². The average Bonchev–Trinajstić information content (AvgIpc) is 2.86. The predicted octanol–water partition coefficient (Wildman–Crippen LogP) is 2.03. The summed E-state index contributed by atoms with van der Waals surface area (Å²) in [7, 11) is 1.96. The van der Waals surface area contributed by atoms with Crippen LogP contribution in [0.15, 0.2) is 4.52 Å². The van der Waals surface area contributed by atoms with Crippen LogP contribution in [0.25, 0.3) is 0 Å². The number of ether oxygens (including phenoxy) is 1. The van der Waals surface area contributed by atoms with Gasteiger partial charge in [0.05, 0.1) is 0 Å². The lowest BCUT2D eigenvalue weighted by Gasteiger charge is -2.30. The van der Waals surface area contributed by atoms with Crippen molar-refractivity contribution in [3.05, 3.63) is 11.7 Å². The molecule has 0 spiro atoms. The van der Waals surface area contributed by atoms with Crippen molar-refractivity contribution >= 4 is 0 Å². The molecule has 1 fully saturated rings. The van der Waals surface area contributed by atoms with Crippen molar-refractivity contribution in [2.75, 3.05) is 13.7 Å². The molecule has 0 amide bonds. The summed E-state index contributed by atoms with van der Waals surface area (Å²) in [6, 6.07) is 0.387. The van der Waals surface area contributed by atoms with Gasteiger partial charge >= 0.3 is 0 Å². The first kappa shape index (κ1) is 13.5. The lowest BCUT2D eigenvalue weighted by molar-refractivity contribution is -0.0770. The molecule has 5 heteroatoms. The molecule has 0 aliphatic carbocycles. The molecule has 2 rings (SSSR count). The smallest absolute Gasteiger partial charge is 0.228 e. The topological polar surface area (TPSA) is 60.2 Å². The van der Waals surface area contributed by atoms with Crippen LogP contribution in [0.5, 0.6) is 0 Å². The summed E-state index contributed by atoms with van der Waals surface area (Å²) >= 11 is 0. The molecule has 5 nitrogen and oxygen atoms in total. The second kappa shape index (κ2) is 5.80. The zero-order valence-corrected chi connectivity index (χ0v) is 11.5. The van der Waals surface area contributed by atoms with Gasteiger partial charge in [0.2, 0.25) is 11.7 Å². The van der Waals surface area contributed by atoms with Gasteiger partial charge in [-0.2, -0.15) is 4.98 Å². The van der Waals surface area contributed by atoms with Gasteiger partial charge in [0.25, 0.3) is 0 Å². The summed E-state index contributed by atoms with van der Waals surface area (Å²) in [6.07, 6.45) is 5.07. The maximum absolute atomic E-state index is 5.82. The van der Waals surface area contributed by atoms with Gasteiger partial charge in [-0.15, -0.1) is 0 Å². The Kier molecular flexibility index (Phi) is 4.35. The summed E-state index contributed by atoms with van der Waals surface area (Å²) in [5.74, 6) is 1.39. The van der Waals surface area contributed by atoms with Crippen LogP contribution in [0.1, 0.15) is 51.2 Å². The highest BCUT2D eigenvalue weighted by atomic mass is 16.5. The number of aromatic nitrogens is 2. The van der Waals surface area contributed by atoms with Crippen LogP contribution < -0.4 is 5.32 Å². The SMILES string of the molecule is CCC(Cc1nc(C2(C)CCCCO2)no1)NC. The van der Waals surface area contributed by atoms with Gasteiger partial charge in [-0.25, -0.2) is 0 Å². The van der Waals surface area contributed by atoms with E-state index in [1.165, 1.54) is 0 Å². The van der Waals surface area contributed by atoms with Gasteiger partial charge in [0.1, 0.15) is 5.60 Å². The number of rotatable bonds is 5. The molecule has 0 aromatic carbocycles. The lowest BCUT2D eigenvalue weighted by atomic mass is 9.95. The van der Waals surface area contributed by atoms with Crippen LogP contribution in [-0.4, -0.2) is 29.8 Å². The Morgan fingerprint density at radius 2 is 2.28 bits per heavy atom. The van der Waals surface area contributed by atoms with Crippen LogP contribution in [-0.2, 0) is 16.8 Å². The van der Waals surface area contributed by atoms with E-state index >= 15 is 0 Å². The van der Waals surface area contributed by atoms with Crippen LogP contribution in [0, 0.1) is 0 Å². The molecule has 2 unspecified atom stereocenters. The van der Waals surface area contributed by atoms with Crippen LogP contribution in [0.3, 0.4) is 0 Å². The van der Waals surface area contributed by atoms with E-state index < -0.39 is 0 Å². The number of nitrogens with zero attached hydrogens (tertiary/aromatic N) is 2. The molecular weight excluding hydrogens is 230 g/mol. The van der Waals surface area contributed by atoms with E-state index in [-0.39, 0.29) is 5.60 Å². The van der Waals surface area contributed by atoms with E-state index in [4.69, 9.17) is 9.26 Å². The Morgan fingerprint density at radius 1 is 1.44 bits per heavy atom. The van der Waals surface area contributed by atoms with Crippen molar-refractivity contribution in [3.63, 3.8) is 0 Å². The predicted molar refractivity (Wildman–Crippen MR) is 68.3 cm³/mol. The molecule has 1 N–H and O–H groups in total. The lowest BCUT2D eigenvalue weighted by Crippen LogP contribution is -2.31. The molecule has 0 saturated carbocycles. The molecule has 1 aromatic rings. The van der Waals surface area contributed by atoms with Gasteiger partial charge in [-0.3, -0.25) is 0 Å². The van der Waals surface area contributed by atoms with E-state index in [2.05, 4.69) is 29.3 Å². The molecule has 2 atom stereocenters. The maximum Gasteiger partial charge on any atom is 0.228 e. The second-order valence-electron chi connectivity index (χ2n) is 5.15. The van der Waals surface area contributed by atoms with Gasteiger partial charge in [-0.05, 0) is 39.7 Å². The Balaban J connectivity index is 2.05. The van der Waals surface area contributed by atoms with Crippen LogP contribution in [0.2, 0.25) is 0 Å². The molecule has 1 aliphatic heterocycles. The zero-order valence-electron chi connectivity index (χ0n) is 11.5. The maximum atomic E-state index is 5.82. The van der Waals surface area contributed by atoms with E-state index in [0.717, 1.165) is 38.7 Å². The van der Waals surface area contributed by atoms with Gasteiger partial charge < -0.3 is 14.6 Å². The molecule has 102 valence electrons. The summed E-state index contributed by atoms with van der Waals surface area (Å²) in [4.78, 5) is 4.50. The van der Waals surface area contributed by atoms with Crippen molar-refractivity contribution in [3.8, 4) is 0 Å². The van der Waals surface area contributed by atoms with Crippen molar-refractivity contribution in [2.45, 2.75) is 57.6 Å². The quantitative estimate of drug-likeness (QED) is 0.870. The highest BCUT2D eigenvalue weighted by Gasteiger charge is 2.35. The third-order valence-electron chi connectivity index (χ3n) is 3.73. The van der Waals surface area contributed by atoms with E-state index in [1.54, 1.807) is 0 Å². The summed E-state index contributed by atoms with van der Waals surface area (Å²) in [5.41, 5.74) is -0.360. The fourth-order valence-corrected chi connectivity index (χ4v) is 2.32. The molecule has 1 saturated heterocycles. The highest BCUT2D eigenvalue weighted by Crippen LogP contribution is 2.32. The summed E-state index contributed by atoms with van der Waals surface area (Å²) < 4.78 is 11.2. The first-order chi connectivity index (χ1) is 8.68. The van der Waals surface area contributed by atoms with Crippen molar-refractivity contribution in [1.82, 2.24) is 15.5 Å². The Hall–Kier alpha value is -0.940. The molecular formula is C13H23N3O2. The van der Waals surface area contributed by atoms with E-state index in [1.807, 2.05) is 7.05 Å². The molecule has 1 aromatic heterocycles. The molecule has 1 aliphatic rings. The standard InChI is InChI=1S/C13H23N3O2/c1-4-10(14-3)9-11-15-12(16-18-11)13(2)7-5-6-8-17-13/h10,14H,4-9H2,1-3H3. The molecule has 2 heterocycles. The Morgan fingerprint density at radius 3 is 2.89 bits per heavy atom. The van der Waals surface area contributed by atoms with Crippen molar-refractivity contribution < 1.29 is 9.26 Å². The van der Waals surface area contributed by atoms with Crippen molar-refractivity contribution in [2.24, 2.45) is 0 Å². The normalized spacial score (nSPS) is 26.2. The second-order valence-corrected chi connectivity index (χ2v) is 5.15. The fraction of sp³-hybridized carbons (Fsp3) is 0.846. The average molecular weight is 253 g/mol. The first-order valence-electron chi connectivity index (χ1n) is 6.82. The first-order valence-corrected chi connectivity index (χ1v) is 6.82. The summed E-state index contributed by atoms with van der Waals surface area (Å²) in [5, 5.41) is 7.33. The summed E-state index contributed by atoms with van der Waals surface area (Å²) in [6.45, 7) is 4.98. The molecule has 0 radical (unpaired) electrons. The zero-order chi connectivity index (χ0) is 13.0. The minimum atomic E-state index is -0.360.